The van der Waals surface area contributed by atoms with E-state index in [1.54, 1.807) is 23.1 Å². The van der Waals surface area contributed by atoms with Crippen molar-refractivity contribution in [2.24, 2.45) is 0 Å². The molecule has 1 aliphatic heterocycles. The van der Waals surface area contributed by atoms with Crippen LogP contribution < -0.4 is 0 Å². The zero-order valence-electron chi connectivity index (χ0n) is 11.3. The van der Waals surface area contributed by atoms with Crippen LogP contribution in [0.3, 0.4) is 0 Å². The van der Waals surface area contributed by atoms with Gasteiger partial charge in [-0.3, -0.25) is 4.79 Å². The largest absolute Gasteiger partial charge is 0.472 e. The van der Waals surface area contributed by atoms with Crippen LogP contribution in [0.5, 0.6) is 0 Å². The predicted molar refractivity (Wildman–Crippen MR) is 74.3 cm³/mol. The summed E-state index contributed by atoms with van der Waals surface area (Å²) in [5, 5.41) is 0. The van der Waals surface area contributed by atoms with Crippen LogP contribution >= 0.6 is 0 Å². The van der Waals surface area contributed by atoms with Gasteiger partial charge in [-0.05, 0) is 24.6 Å². The van der Waals surface area contributed by atoms with Gasteiger partial charge in [0.2, 0.25) is 0 Å². The molecule has 3 heterocycles. The molecule has 0 spiro atoms. The summed E-state index contributed by atoms with van der Waals surface area (Å²) in [4.78, 5) is 14.1. The molecule has 7 heteroatoms. The molecule has 0 saturated carbocycles. The third-order valence-corrected chi connectivity index (χ3v) is 5.33. The van der Waals surface area contributed by atoms with E-state index in [2.05, 4.69) is 0 Å². The number of sulfone groups is 1. The first kappa shape index (κ1) is 13.9. The third kappa shape index (κ3) is 3.02. The molecule has 6 nitrogen and oxygen atoms in total. The first-order valence-electron chi connectivity index (χ1n) is 6.61. The molecule has 0 bridgehead atoms. The van der Waals surface area contributed by atoms with Crippen molar-refractivity contribution in [3.8, 4) is 0 Å². The summed E-state index contributed by atoms with van der Waals surface area (Å²) in [6, 6.07) is 4.74. The molecule has 21 heavy (non-hydrogen) atoms. The number of amides is 1. The van der Waals surface area contributed by atoms with Crippen LogP contribution in [0.15, 0.2) is 45.8 Å². The zero-order chi connectivity index (χ0) is 14.9. The van der Waals surface area contributed by atoms with E-state index in [0.717, 1.165) is 0 Å². The summed E-state index contributed by atoms with van der Waals surface area (Å²) >= 11 is 0. The molecule has 3 rings (SSSR count). The molecule has 0 aliphatic carbocycles. The van der Waals surface area contributed by atoms with Crippen LogP contribution in [0.4, 0.5) is 0 Å². The maximum atomic E-state index is 12.6. The fourth-order valence-corrected chi connectivity index (χ4v) is 4.24. The number of carbonyl (C=O) groups is 1. The van der Waals surface area contributed by atoms with E-state index >= 15 is 0 Å². The summed E-state index contributed by atoms with van der Waals surface area (Å²) in [6.07, 6.45) is 4.76. The Labute approximate surface area is 122 Å². The van der Waals surface area contributed by atoms with Gasteiger partial charge >= 0.3 is 0 Å². The Kier molecular flexibility index (Phi) is 3.59. The minimum atomic E-state index is -3.07. The molecule has 1 amide bonds. The second kappa shape index (κ2) is 5.40. The maximum Gasteiger partial charge on any atom is 0.257 e. The summed E-state index contributed by atoms with van der Waals surface area (Å²) in [7, 11) is -3.07. The lowest BCUT2D eigenvalue weighted by atomic mass is 10.1. The van der Waals surface area contributed by atoms with Crippen LogP contribution in [0.1, 0.15) is 22.5 Å². The summed E-state index contributed by atoms with van der Waals surface area (Å²) in [5.41, 5.74) is 0.408. The molecular formula is C14H15NO5S. The Hall–Kier alpha value is -2.02. The van der Waals surface area contributed by atoms with Crippen molar-refractivity contribution < 1.29 is 22.0 Å². The van der Waals surface area contributed by atoms with Gasteiger partial charge in [-0.2, -0.15) is 0 Å². The van der Waals surface area contributed by atoms with E-state index in [1.165, 1.54) is 18.8 Å². The smallest absolute Gasteiger partial charge is 0.257 e. The quantitative estimate of drug-likeness (QED) is 0.858. The molecule has 0 aromatic carbocycles. The average molecular weight is 309 g/mol. The van der Waals surface area contributed by atoms with Gasteiger partial charge < -0.3 is 13.7 Å². The van der Waals surface area contributed by atoms with Gasteiger partial charge in [0.1, 0.15) is 12.0 Å². The van der Waals surface area contributed by atoms with Gasteiger partial charge in [-0.15, -0.1) is 0 Å². The minimum Gasteiger partial charge on any atom is -0.472 e. The number of hydrogen-bond donors (Lipinski definition) is 0. The van der Waals surface area contributed by atoms with Crippen LogP contribution in [-0.2, 0) is 16.4 Å². The Morgan fingerprint density at radius 1 is 1.33 bits per heavy atom. The fraction of sp³-hybridized carbons (Fsp3) is 0.357. The van der Waals surface area contributed by atoms with Crippen molar-refractivity contribution >= 4 is 15.7 Å². The van der Waals surface area contributed by atoms with E-state index in [1.807, 2.05) is 0 Å². The number of nitrogens with zero attached hydrogens (tertiary/aromatic N) is 1. The average Bonchev–Trinajstić information content (AvgIpc) is 3.16. The lowest BCUT2D eigenvalue weighted by Crippen LogP contribution is -2.40. The zero-order valence-corrected chi connectivity index (χ0v) is 12.1. The van der Waals surface area contributed by atoms with Crippen molar-refractivity contribution in [2.75, 3.05) is 11.5 Å². The second-order valence-corrected chi connectivity index (χ2v) is 7.31. The molecule has 0 unspecified atom stereocenters. The van der Waals surface area contributed by atoms with Crippen molar-refractivity contribution in [1.29, 1.82) is 0 Å². The lowest BCUT2D eigenvalue weighted by molar-refractivity contribution is 0.0665. The van der Waals surface area contributed by atoms with Gasteiger partial charge in [-0.25, -0.2) is 8.42 Å². The Bertz CT molecular complexity index is 703. The molecule has 1 atom stereocenters. The standard InChI is InChI=1S/C14H15NO5S/c16-14(11-3-6-19-9-11)15(8-13-2-1-5-20-13)12-4-7-21(17,18)10-12/h1-3,5-6,9,12H,4,7-8,10H2/t12-/m1/s1. The number of hydrogen-bond acceptors (Lipinski definition) is 5. The normalized spacial score (nSPS) is 20.5. The Morgan fingerprint density at radius 3 is 2.76 bits per heavy atom. The minimum absolute atomic E-state index is 0.00268. The highest BCUT2D eigenvalue weighted by Gasteiger charge is 2.35. The molecule has 1 aliphatic rings. The molecule has 1 saturated heterocycles. The maximum absolute atomic E-state index is 12.6. The number of carbonyl (C=O) groups excluding carboxylic acids is 1. The first-order valence-corrected chi connectivity index (χ1v) is 8.43. The molecule has 1 fully saturated rings. The molecule has 112 valence electrons. The van der Waals surface area contributed by atoms with Crippen molar-refractivity contribution in [3.05, 3.63) is 48.3 Å². The van der Waals surface area contributed by atoms with Crippen LogP contribution in [-0.4, -0.2) is 36.8 Å². The molecule has 2 aromatic heterocycles. The first-order chi connectivity index (χ1) is 10.1. The van der Waals surface area contributed by atoms with Gasteiger partial charge in [-0.1, -0.05) is 0 Å². The molecule has 0 N–H and O–H groups in total. The summed E-state index contributed by atoms with van der Waals surface area (Å²) < 4.78 is 33.6. The van der Waals surface area contributed by atoms with E-state index < -0.39 is 9.84 Å². The molecule has 2 aromatic rings. The fourth-order valence-electron chi connectivity index (χ4n) is 2.51. The second-order valence-electron chi connectivity index (χ2n) is 5.08. The number of rotatable bonds is 4. The summed E-state index contributed by atoms with van der Waals surface area (Å²) in [5.74, 6) is 0.487. The van der Waals surface area contributed by atoms with Crippen LogP contribution in [0, 0.1) is 0 Å². The van der Waals surface area contributed by atoms with Crippen molar-refractivity contribution in [1.82, 2.24) is 4.90 Å². The highest BCUT2D eigenvalue weighted by molar-refractivity contribution is 7.91. The lowest BCUT2D eigenvalue weighted by Gasteiger charge is -2.27. The Balaban J connectivity index is 1.86. The number of furan rings is 2. The highest BCUT2D eigenvalue weighted by Crippen LogP contribution is 2.22. The van der Waals surface area contributed by atoms with Gasteiger partial charge in [0.15, 0.2) is 9.84 Å². The van der Waals surface area contributed by atoms with Crippen LogP contribution in [0.2, 0.25) is 0 Å². The van der Waals surface area contributed by atoms with E-state index in [9.17, 15) is 13.2 Å². The van der Waals surface area contributed by atoms with Gasteiger partial charge in [0, 0.05) is 6.04 Å². The Morgan fingerprint density at radius 2 is 2.19 bits per heavy atom. The topological polar surface area (TPSA) is 80.7 Å². The summed E-state index contributed by atoms with van der Waals surface area (Å²) in [6.45, 7) is 0.247. The van der Waals surface area contributed by atoms with Crippen molar-refractivity contribution in [3.63, 3.8) is 0 Å². The van der Waals surface area contributed by atoms with Crippen molar-refractivity contribution in [2.45, 2.75) is 19.0 Å². The predicted octanol–water partition coefficient (Wildman–Crippen LogP) is 1.70. The van der Waals surface area contributed by atoms with E-state index in [4.69, 9.17) is 8.83 Å². The third-order valence-electron chi connectivity index (χ3n) is 3.58. The van der Waals surface area contributed by atoms with Gasteiger partial charge in [0.25, 0.3) is 5.91 Å². The highest BCUT2D eigenvalue weighted by atomic mass is 32.2. The van der Waals surface area contributed by atoms with Gasteiger partial charge in [0.05, 0.1) is 36.1 Å². The SMILES string of the molecule is O=C(c1ccoc1)N(Cc1ccco1)[C@@H]1CCS(=O)(=O)C1. The van der Waals surface area contributed by atoms with E-state index in [-0.39, 0.29) is 30.0 Å². The molecular weight excluding hydrogens is 294 g/mol. The molecule has 0 radical (unpaired) electrons. The van der Waals surface area contributed by atoms with E-state index in [0.29, 0.717) is 17.7 Å². The monoisotopic (exact) mass is 309 g/mol. The van der Waals surface area contributed by atoms with Crippen LogP contribution in [0.25, 0.3) is 0 Å².